The maximum absolute atomic E-state index is 12.3. The number of aromatic nitrogens is 1. The second-order valence-electron chi connectivity index (χ2n) is 2.92. The molecule has 0 aliphatic rings. The predicted molar refractivity (Wildman–Crippen MR) is 48.4 cm³/mol. The average Bonchev–Trinajstić information content (AvgIpc) is 2.17. The molecule has 0 unspecified atom stereocenters. The Labute approximate surface area is 78.8 Å². The van der Waals surface area contributed by atoms with Crippen molar-refractivity contribution < 1.29 is 13.9 Å². The molecule has 1 N–H and O–H groups in total. The Hall–Kier alpha value is -1.71. The molecule has 0 saturated carbocycles. The molecule has 2 rings (SSSR count). The van der Waals surface area contributed by atoms with Crippen molar-refractivity contribution in [1.82, 2.24) is 4.98 Å². The zero-order chi connectivity index (χ0) is 10.1. The first-order valence-corrected chi connectivity index (χ1v) is 4.04. The van der Waals surface area contributed by atoms with Crippen LogP contribution in [0.15, 0.2) is 30.5 Å². The quantitative estimate of drug-likeness (QED) is 0.758. The van der Waals surface area contributed by atoms with E-state index in [9.17, 15) is 13.9 Å². The Bertz CT molecular complexity index is 471. The number of aromatic hydroxyl groups is 1. The fourth-order valence-corrected chi connectivity index (χ4v) is 1.28. The van der Waals surface area contributed by atoms with Gasteiger partial charge in [0.2, 0.25) is 0 Å². The van der Waals surface area contributed by atoms with E-state index in [0.717, 1.165) is 6.20 Å². The third-order valence-corrected chi connectivity index (χ3v) is 1.96. The van der Waals surface area contributed by atoms with Gasteiger partial charge in [0, 0.05) is 17.1 Å². The minimum Gasteiger partial charge on any atom is -0.506 e. The zero-order valence-corrected chi connectivity index (χ0v) is 7.11. The third kappa shape index (κ3) is 1.39. The number of benzene rings is 1. The Morgan fingerprint density at radius 3 is 2.79 bits per heavy atom. The van der Waals surface area contributed by atoms with E-state index in [-0.39, 0.29) is 11.3 Å². The second-order valence-corrected chi connectivity index (χ2v) is 2.92. The molecule has 0 atom stereocenters. The van der Waals surface area contributed by atoms with Crippen molar-refractivity contribution in [2.45, 2.75) is 6.43 Å². The molecule has 0 radical (unpaired) electrons. The summed E-state index contributed by atoms with van der Waals surface area (Å²) in [6, 6.07) is 6.02. The first-order chi connectivity index (χ1) is 6.68. The normalized spacial score (nSPS) is 11.1. The van der Waals surface area contributed by atoms with Crippen LogP contribution in [0.4, 0.5) is 8.78 Å². The van der Waals surface area contributed by atoms with Crippen molar-refractivity contribution in [3.63, 3.8) is 0 Å². The van der Waals surface area contributed by atoms with Crippen molar-refractivity contribution >= 4 is 10.9 Å². The van der Waals surface area contributed by atoms with Crippen LogP contribution in [0.2, 0.25) is 0 Å². The first kappa shape index (κ1) is 8.87. The highest BCUT2D eigenvalue weighted by molar-refractivity contribution is 5.84. The Morgan fingerprint density at radius 2 is 2.07 bits per heavy atom. The van der Waals surface area contributed by atoms with E-state index in [1.807, 2.05) is 0 Å². The summed E-state index contributed by atoms with van der Waals surface area (Å²) in [7, 11) is 0. The number of phenolic OH excluding ortho intramolecular Hbond substituents is 1. The molecular formula is C10H7F2NO. The molecule has 2 nitrogen and oxygen atoms in total. The number of fused-ring (bicyclic) bond motifs is 1. The van der Waals surface area contributed by atoms with E-state index in [1.54, 1.807) is 12.1 Å². The molecule has 0 amide bonds. The number of hydrogen-bond donors (Lipinski definition) is 1. The van der Waals surface area contributed by atoms with E-state index in [1.165, 1.54) is 12.1 Å². The van der Waals surface area contributed by atoms with E-state index in [4.69, 9.17) is 0 Å². The molecule has 1 aromatic heterocycles. The SMILES string of the molecule is Oc1cccc2cc(C(F)F)cnc12. The van der Waals surface area contributed by atoms with E-state index >= 15 is 0 Å². The predicted octanol–water partition coefficient (Wildman–Crippen LogP) is 2.88. The van der Waals surface area contributed by atoms with Gasteiger partial charge in [0.05, 0.1) is 0 Å². The third-order valence-electron chi connectivity index (χ3n) is 1.96. The minimum atomic E-state index is -2.53. The Kier molecular flexibility index (Phi) is 2.04. The molecule has 4 heteroatoms. The summed E-state index contributed by atoms with van der Waals surface area (Å²) < 4.78 is 24.6. The summed E-state index contributed by atoms with van der Waals surface area (Å²) in [4.78, 5) is 3.77. The number of hydrogen-bond acceptors (Lipinski definition) is 2. The fourth-order valence-electron chi connectivity index (χ4n) is 1.28. The maximum atomic E-state index is 12.3. The lowest BCUT2D eigenvalue weighted by molar-refractivity contribution is 0.151. The van der Waals surface area contributed by atoms with Gasteiger partial charge in [-0.25, -0.2) is 8.78 Å². The number of pyridine rings is 1. The van der Waals surface area contributed by atoms with Crippen LogP contribution in [0.1, 0.15) is 12.0 Å². The number of phenols is 1. The second kappa shape index (κ2) is 3.21. The molecule has 0 aliphatic heterocycles. The highest BCUT2D eigenvalue weighted by Crippen LogP contribution is 2.26. The molecule has 0 saturated heterocycles. The number of rotatable bonds is 1. The van der Waals surface area contributed by atoms with Crippen molar-refractivity contribution in [3.8, 4) is 5.75 Å². The molecular weight excluding hydrogens is 188 g/mol. The summed E-state index contributed by atoms with van der Waals surface area (Å²) in [5, 5.41) is 9.87. The van der Waals surface area contributed by atoms with Gasteiger partial charge in [0.25, 0.3) is 6.43 Å². The molecule has 0 spiro atoms. The monoisotopic (exact) mass is 195 g/mol. The van der Waals surface area contributed by atoms with Gasteiger partial charge in [0.15, 0.2) is 0 Å². The number of alkyl halides is 2. The lowest BCUT2D eigenvalue weighted by Gasteiger charge is -2.02. The summed E-state index contributed by atoms with van der Waals surface area (Å²) in [6.07, 6.45) is -1.46. The summed E-state index contributed by atoms with van der Waals surface area (Å²) in [5.74, 6) is 0.00307. The highest BCUT2D eigenvalue weighted by atomic mass is 19.3. The van der Waals surface area contributed by atoms with Crippen LogP contribution >= 0.6 is 0 Å². The van der Waals surface area contributed by atoms with E-state index in [2.05, 4.69) is 4.98 Å². The standard InChI is InChI=1S/C10H7F2NO/c11-10(12)7-4-6-2-1-3-8(14)9(6)13-5-7/h1-5,10,14H. The first-order valence-electron chi connectivity index (χ1n) is 4.04. The largest absolute Gasteiger partial charge is 0.506 e. The van der Waals surface area contributed by atoms with Gasteiger partial charge in [-0.2, -0.15) is 0 Å². The van der Waals surface area contributed by atoms with Crippen LogP contribution in [0.5, 0.6) is 5.75 Å². The van der Waals surface area contributed by atoms with Gasteiger partial charge in [-0.3, -0.25) is 4.98 Å². The molecule has 14 heavy (non-hydrogen) atoms. The van der Waals surface area contributed by atoms with Gasteiger partial charge < -0.3 is 5.11 Å². The zero-order valence-electron chi connectivity index (χ0n) is 7.11. The summed E-state index contributed by atoms with van der Waals surface area (Å²) >= 11 is 0. The van der Waals surface area contributed by atoms with Crippen LogP contribution in [-0.4, -0.2) is 10.1 Å². The van der Waals surface area contributed by atoms with E-state index < -0.39 is 6.43 Å². The van der Waals surface area contributed by atoms with Crippen LogP contribution in [0, 0.1) is 0 Å². The van der Waals surface area contributed by atoms with Crippen molar-refractivity contribution in [2.75, 3.05) is 0 Å². The van der Waals surface area contributed by atoms with Gasteiger partial charge in [0.1, 0.15) is 11.3 Å². The molecule has 0 fully saturated rings. The lowest BCUT2D eigenvalue weighted by atomic mass is 10.1. The number of nitrogens with zero attached hydrogens (tertiary/aromatic N) is 1. The van der Waals surface area contributed by atoms with Crippen molar-refractivity contribution in [1.29, 1.82) is 0 Å². The molecule has 0 aliphatic carbocycles. The van der Waals surface area contributed by atoms with Crippen LogP contribution in [-0.2, 0) is 0 Å². The Balaban J connectivity index is 2.67. The van der Waals surface area contributed by atoms with Crippen LogP contribution in [0.25, 0.3) is 10.9 Å². The lowest BCUT2D eigenvalue weighted by Crippen LogP contribution is -1.87. The number of halogens is 2. The fraction of sp³-hybridized carbons (Fsp3) is 0.100. The average molecular weight is 195 g/mol. The molecule has 0 bridgehead atoms. The van der Waals surface area contributed by atoms with Gasteiger partial charge in [-0.05, 0) is 12.1 Å². The molecule has 1 aromatic carbocycles. The van der Waals surface area contributed by atoms with Crippen LogP contribution < -0.4 is 0 Å². The number of para-hydroxylation sites is 1. The van der Waals surface area contributed by atoms with Crippen molar-refractivity contribution in [2.24, 2.45) is 0 Å². The molecule has 72 valence electrons. The summed E-state index contributed by atoms with van der Waals surface area (Å²) in [5.41, 5.74) is 0.208. The molecule has 1 heterocycles. The van der Waals surface area contributed by atoms with Gasteiger partial charge >= 0.3 is 0 Å². The minimum absolute atomic E-state index is 0.00307. The van der Waals surface area contributed by atoms with Crippen molar-refractivity contribution in [3.05, 3.63) is 36.0 Å². The summed E-state index contributed by atoms with van der Waals surface area (Å²) in [6.45, 7) is 0. The molecule has 2 aromatic rings. The van der Waals surface area contributed by atoms with Gasteiger partial charge in [-0.1, -0.05) is 12.1 Å². The van der Waals surface area contributed by atoms with Crippen LogP contribution in [0.3, 0.4) is 0 Å². The Morgan fingerprint density at radius 1 is 1.29 bits per heavy atom. The van der Waals surface area contributed by atoms with E-state index in [0.29, 0.717) is 10.9 Å². The topological polar surface area (TPSA) is 33.1 Å². The maximum Gasteiger partial charge on any atom is 0.265 e. The highest BCUT2D eigenvalue weighted by Gasteiger charge is 2.09. The smallest absolute Gasteiger partial charge is 0.265 e. The van der Waals surface area contributed by atoms with Gasteiger partial charge in [-0.15, -0.1) is 0 Å².